The van der Waals surface area contributed by atoms with Crippen molar-refractivity contribution in [3.8, 4) is 0 Å². The van der Waals surface area contributed by atoms with Crippen LogP contribution in [0.15, 0.2) is 24.3 Å². The smallest absolute Gasteiger partial charge is 0.325 e. The molecule has 2 unspecified atom stereocenters. The van der Waals surface area contributed by atoms with Crippen molar-refractivity contribution in [3.63, 3.8) is 0 Å². The van der Waals surface area contributed by atoms with Gasteiger partial charge in [0.2, 0.25) is 0 Å². The average Bonchev–Trinajstić information content (AvgIpc) is 3.01. The van der Waals surface area contributed by atoms with Crippen LogP contribution in [-0.2, 0) is 20.7 Å². The molecule has 4 heteroatoms. The van der Waals surface area contributed by atoms with Crippen LogP contribution in [0, 0.1) is 0 Å². The van der Waals surface area contributed by atoms with E-state index in [2.05, 4.69) is 24.3 Å². The summed E-state index contributed by atoms with van der Waals surface area (Å²) in [5.74, 6) is 0.0762. The Bertz CT molecular complexity index is 514. The van der Waals surface area contributed by atoms with E-state index in [0.29, 0.717) is 18.8 Å². The molecule has 24 heavy (non-hydrogen) atoms. The Balaban J connectivity index is 1.79. The number of hydrogen-bond donors (Lipinski definition) is 1. The summed E-state index contributed by atoms with van der Waals surface area (Å²) in [5, 5.41) is 0. The highest BCUT2D eigenvalue weighted by molar-refractivity contribution is 5.81. The lowest BCUT2D eigenvalue weighted by molar-refractivity contribution is -0.146. The van der Waals surface area contributed by atoms with Gasteiger partial charge < -0.3 is 15.2 Å². The molecule has 0 amide bonds. The fourth-order valence-electron chi connectivity index (χ4n) is 3.63. The van der Waals surface area contributed by atoms with Crippen molar-refractivity contribution in [3.05, 3.63) is 35.4 Å². The predicted octanol–water partition coefficient (Wildman–Crippen LogP) is 3.57. The molecular weight excluding hydrogens is 302 g/mol. The number of unbranched alkanes of at least 4 members (excludes halogenated alkanes) is 3. The van der Waals surface area contributed by atoms with Gasteiger partial charge in [-0.05, 0) is 55.6 Å². The first kappa shape index (κ1) is 18.9. The zero-order valence-corrected chi connectivity index (χ0v) is 15.1. The van der Waals surface area contributed by atoms with Crippen molar-refractivity contribution in [1.29, 1.82) is 0 Å². The summed E-state index contributed by atoms with van der Waals surface area (Å²) in [6.07, 6.45) is 8.32. The zero-order valence-electron chi connectivity index (χ0n) is 15.1. The van der Waals surface area contributed by atoms with E-state index in [1.807, 2.05) is 0 Å². The predicted molar refractivity (Wildman–Crippen MR) is 96.0 cm³/mol. The first-order valence-electron chi connectivity index (χ1n) is 9.04. The van der Waals surface area contributed by atoms with E-state index in [9.17, 15) is 4.79 Å². The van der Waals surface area contributed by atoms with Gasteiger partial charge in [0.25, 0.3) is 0 Å². The summed E-state index contributed by atoms with van der Waals surface area (Å²) in [6.45, 7) is 0.865. The number of carbonyl (C=O) groups is 1. The molecule has 1 aliphatic carbocycles. The van der Waals surface area contributed by atoms with Crippen LogP contribution in [-0.4, -0.2) is 32.3 Å². The lowest BCUT2D eigenvalue weighted by Crippen LogP contribution is -2.46. The molecule has 2 atom stereocenters. The molecule has 0 aliphatic heterocycles. The number of benzene rings is 1. The SMILES string of the molecule is COCCCCCCc1ccc(C2CCC(N)(C(=O)OC)C2)cc1. The maximum atomic E-state index is 11.8. The van der Waals surface area contributed by atoms with Crippen LogP contribution in [0.1, 0.15) is 62.0 Å². The maximum Gasteiger partial charge on any atom is 0.325 e. The van der Waals surface area contributed by atoms with Gasteiger partial charge in [0, 0.05) is 13.7 Å². The minimum absolute atomic E-state index is 0.282. The Hall–Kier alpha value is -1.39. The van der Waals surface area contributed by atoms with Gasteiger partial charge in [0.05, 0.1) is 7.11 Å². The summed E-state index contributed by atoms with van der Waals surface area (Å²) in [7, 11) is 3.17. The summed E-state index contributed by atoms with van der Waals surface area (Å²) in [6, 6.07) is 8.85. The lowest BCUT2D eigenvalue weighted by Gasteiger charge is -2.20. The van der Waals surface area contributed by atoms with Gasteiger partial charge in [-0.25, -0.2) is 0 Å². The second kappa shape index (κ2) is 9.19. The Morgan fingerprint density at radius 2 is 1.88 bits per heavy atom. The molecule has 0 aromatic heterocycles. The monoisotopic (exact) mass is 333 g/mol. The Morgan fingerprint density at radius 1 is 1.17 bits per heavy atom. The van der Waals surface area contributed by atoms with Crippen LogP contribution in [0.3, 0.4) is 0 Å². The number of methoxy groups -OCH3 is 2. The summed E-state index contributed by atoms with van der Waals surface area (Å²) >= 11 is 0. The quantitative estimate of drug-likeness (QED) is 0.554. The van der Waals surface area contributed by atoms with E-state index in [4.69, 9.17) is 15.2 Å². The lowest BCUT2D eigenvalue weighted by atomic mass is 9.92. The molecule has 2 rings (SSSR count). The van der Waals surface area contributed by atoms with Crippen LogP contribution in [0.5, 0.6) is 0 Å². The summed E-state index contributed by atoms with van der Waals surface area (Å²) in [4.78, 5) is 11.8. The molecule has 0 bridgehead atoms. The van der Waals surface area contributed by atoms with Gasteiger partial charge in [-0.15, -0.1) is 0 Å². The number of hydrogen-bond acceptors (Lipinski definition) is 4. The minimum Gasteiger partial charge on any atom is -0.468 e. The molecule has 2 N–H and O–H groups in total. The van der Waals surface area contributed by atoms with Crippen LogP contribution in [0.4, 0.5) is 0 Å². The number of ether oxygens (including phenoxy) is 2. The first-order valence-corrected chi connectivity index (χ1v) is 9.04. The first-order chi connectivity index (χ1) is 11.6. The number of nitrogens with two attached hydrogens (primary N) is 1. The van der Waals surface area contributed by atoms with Crippen LogP contribution in [0.2, 0.25) is 0 Å². The summed E-state index contributed by atoms with van der Waals surface area (Å²) < 4.78 is 9.92. The standard InChI is InChI=1S/C20H31NO3/c1-23-14-6-4-3-5-7-16-8-10-17(11-9-16)18-12-13-20(21,15-18)19(22)24-2/h8-11,18H,3-7,12-15,21H2,1-2H3. The van der Waals surface area contributed by atoms with Crippen molar-refractivity contribution in [1.82, 2.24) is 0 Å². The summed E-state index contributed by atoms with van der Waals surface area (Å²) in [5.41, 5.74) is 8.07. The molecule has 4 nitrogen and oxygen atoms in total. The Kier molecular flexibility index (Phi) is 7.25. The maximum absolute atomic E-state index is 11.8. The van der Waals surface area contributed by atoms with Crippen molar-refractivity contribution in [2.75, 3.05) is 20.8 Å². The van der Waals surface area contributed by atoms with Gasteiger partial charge >= 0.3 is 5.97 Å². The normalized spacial score (nSPS) is 23.4. The largest absolute Gasteiger partial charge is 0.468 e. The van der Waals surface area contributed by atoms with Crippen molar-refractivity contribution in [2.45, 2.75) is 62.8 Å². The van der Waals surface area contributed by atoms with E-state index >= 15 is 0 Å². The van der Waals surface area contributed by atoms with Crippen LogP contribution < -0.4 is 5.73 Å². The Morgan fingerprint density at radius 3 is 2.54 bits per heavy atom. The fourth-order valence-corrected chi connectivity index (χ4v) is 3.63. The van der Waals surface area contributed by atoms with Gasteiger partial charge in [-0.1, -0.05) is 37.1 Å². The molecule has 0 heterocycles. The molecule has 0 spiro atoms. The molecule has 1 aromatic rings. The van der Waals surface area contributed by atoms with Gasteiger partial charge in [0.15, 0.2) is 0 Å². The number of carbonyl (C=O) groups excluding carboxylic acids is 1. The van der Waals surface area contributed by atoms with Gasteiger partial charge in [-0.3, -0.25) is 4.79 Å². The molecule has 1 aliphatic rings. The molecule has 1 aromatic carbocycles. The second-order valence-electron chi connectivity index (χ2n) is 6.99. The van der Waals surface area contributed by atoms with Gasteiger partial charge in [-0.2, -0.15) is 0 Å². The number of rotatable bonds is 9. The molecule has 0 saturated heterocycles. The average molecular weight is 333 g/mol. The van der Waals surface area contributed by atoms with Crippen LogP contribution in [0.25, 0.3) is 0 Å². The number of aryl methyl sites for hydroxylation is 1. The highest BCUT2D eigenvalue weighted by atomic mass is 16.5. The number of esters is 1. The van der Waals surface area contributed by atoms with Crippen molar-refractivity contribution in [2.24, 2.45) is 5.73 Å². The highest BCUT2D eigenvalue weighted by Gasteiger charge is 2.43. The Labute approximate surface area is 145 Å². The van der Waals surface area contributed by atoms with Gasteiger partial charge in [0.1, 0.15) is 5.54 Å². The topological polar surface area (TPSA) is 61.5 Å². The molecule has 134 valence electrons. The third-order valence-electron chi connectivity index (χ3n) is 5.16. The van der Waals surface area contributed by atoms with E-state index in [0.717, 1.165) is 25.9 Å². The fraction of sp³-hybridized carbons (Fsp3) is 0.650. The third-order valence-corrected chi connectivity index (χ3v) is 5.16. The highest BCUT2D eigenvalue weighted by Crippen LogP contribution is 2.40. The van der Waals surface area contributed by atoms with Crippen molar-refractivity contribution < 1.29 is 14.3 Å². The van der Waals surface area contributed by atoms with E-state index in [-0.39, 0.29) is 5.97 Å². The molecule has 1 saturated carbocycles. The van der Waals surface area contributed by atoms with Crippen molar-refractivity contribution >= 4 is 5.97 Å². The van der Waals surface area contributed by atoms with E-state index in [1.54, 1.807) is 7.11 Å². The molecular formula is C20H31NO3. The van der Waals surface area contributed by atoms with Crippen LogP contribution >= 0.6 is 0 Å². The zero-order chi connectivity index (χ0) is 17.4. The minimum atomic E-state index is -0.805. The van der Waals surface area contributed by atoms with E-state index < -0.39 is 5.54 Å². The molecule has 0 radical (unpaired) electrons. The van der Waals surface area contributed by atoms with E-state index in [1.165, 1.54) is 37.5 Å². The second-order valence-corrected chi connectivity index (χ2v) is 6.99. The third kappa shape index (κ3) is 5.05. The molecule has 1 fully saturated rings.